The fourth-order valence-corrected chi connectivity index (χ4v) is 3.09. The molecule has 1 heterocycles. The second-order valence-electron chi connectivity index (χ2n) is 5.57. The number of rotatable bonds is 0. The Morgan fingerprint density at radius 1 is 1.00 bits per heavy atom. The van der Waals surface area contributed by atoms with Gasteiger partial charge in [-0.2, -0.15) is 0 Å². The average molecular weight is 178 g/mol. The predicted molar refractivity (Wildman–Crippen MR) is 46.3 cm³/mol. The van der Waals surface area contributed by atoms with E-state index in [2.05, 4.69) is 0 Å². The molecular formula is C11H14O2. The SMILES string of the molecule is O=C1C2(CC2)CC2(CC2)OC12CC2. The van der Waals surface area contributed by atoms with Gasteiger partial charge in [-0.15, -0.1) is 0 Å². The summed E-state index contributed by atoms with van der Waals surface area (Å²) in [6.07, 6.45) is 7.80. The Balaban J connectivity index is 1.77. The van der Waals surface area contributed by atoms with E-state index in [-0.39, 0.29) is 16.6 Å². The Morgan fingerprint density at radius 2 is 1.69 bits per heavy atom. The van der Waals surface area contributed by atoms with Crippen molar-refractivity contribution in [3.8, 4) is 0 Å². The molecule has 0 unspecified atom stereocenters. The lowest BCUT2D eigenvalue weighted by Crippen LogP contribution is -2.45. The van der Waals surface area contributed by atoms with Crippen LogP contribution in [0.4, 0.5) is 0 Å². The molecule has 1 aliphatic heterocycles. The molecule has 0 amide bonds. The Morgan fingerprint density at radius 3 is 2.15 bits per heavy atom. The van der Waals surface area contributed by atoms with Crippen molar-refractivity contribution in [3.63, 3.8) is 0 Å². The summed E-state index contributed by atoms with van der Waals surface area (Å²) in [7, 11) is 0. The van der Waals surface area contributed by atoms with E-state index in [1.54, 1.807) is 0 Å². The zero-order chi connectivity index (χ0) is 8.73. The van der Waals surface area contributed by atoms with Crippen LogP contribution < -0.4 is 0 Å². The molecule has 2 nitrogen and oxygen atoms in total. The monoisotopic (exact) mass is 178 g/mol. The van der Waals surface area contributed by atoms with Crippen molar-refractivity contribution in [2.24, 2.45) is 5.41 Å². The number of carbonyl (C=O) groups is 1. The highest BCUT2D eigenvalue weighted by atomic mass is 16.5. The highest BCUT2D eigenvalue weighted by Gasteiger charge is 2.72. The minimum atomic E-state index is -0.259. The van der Waals surface area contributed by atoms with E-state index in [1.807, 2.05) is 0 Å². The lowest BCUT2D eigenvalue weighted by molar-refractivity contribution is -0.161. The molecule has 3 saturated carbocycles. The predicted octanol–water partition coefficient (Wildman–Crippen LogP) is 1.82. The summed E-state index contributed by atoms with van der Waals surface area (Å²) >= 11 is 0. The summed E-state index contributed by atoms with van der Waals surface area (Å²) in [5.41, 5.74) is 0.0391. The first-order chi connectivity index (χ1) is 6.19. The fraction of sp³-hybridized carbons (Fsp3) is 0.909. The molecular weight excluding hydrogens is 164 g/mol. The second-order valence-corrected chi connectivity index (χ2v) is 5.57. The van der Waals surface area contributed by atoms with Gasteiger partial charge >= 0.3 is 0 Å². The Labute approximate surface area is 77.6 Å². The van der Waals surface area contributed by atoms with Crippen molar-refractivity contribution < 1.29 is 9.53 Å². The summed E-state index contributed by atoms with van der Waals surface area (Å²) in [5, 5.41) is 0. The molecule has 4 rings (SSSR count). The van der Waals surface area contributed by atoms with Crippen LogP contribution in [-0.4, -0.2) is 17.0 Å². The Kier molecular flexibility index (Phi) is 0.862. The van der Waals surface area contributed by atoms with Crippen molar-refractivity contribution in [3.05, 3.63) is 0 Å². The molecule has 0 atom stereocenters. The zero-order valence-electron chi connectivity index (χ0n) is 7.77. The van der Waals surface area contributed by atoms with Crippen molar-refractivity contribution in [1.82, 2.24) is 0 Å². The standard InChI is InChI=1S/C11H14O2/c12-8-9(1-2-9)7-10(3-4-10)13-11(8)5-6-11/h1-7H2. The number of ether oxygens (including phenoxy) is 1. The molecule has 0 radical (unpaired) electrons. The third kappa shape index (κ3) is 0.723. The molecule has 0 aromatic heterocycles. The molecule has 3 aliphatic carbocycles. The minimum Gasteiger partial charge on any atom is -0.361 e. The fourth-order valence-electron chi connectivity index (χ4n) is 3.09. The zero-order valence-corrected chi connectivity index (χ0v) is 7.77. The highest BCUT2D eigenvalue weighted by molar-refractivity contribution is 5.98. The van der Waals surface area contributed by atoms with Crippen LogP contribution in [-0.2, 0) is 9.53 Å². The van der Waals surface area contributed by atoms with Crippen LogP contribution in [0.25, 0.3) is 0 Å². The number of carbonyl (C=O) groups excluding carboxylic acids is 1. The number of hydrogen-bond acceptors (Lipinski definition) is 2. The maximum atomic E-state index is 12.1. The third-order valence-electron chi connectivity index (χ3n) is 4.33. The van der Waals surface area contributed by atoms with Gasteiger partial charge in [0.15, 0.2) is 5.78 Å². The summed E-state index contributed by atoms with van der Waals surface area (Å²) < 4.78 is 6.02. The molecule has 13 heavy (non-hydrogen) atoms. The smallest absolute Gasteiger partial charge is 0.170 e. The molecule has 0 aromatic carbocycles. The average Bonchev–Trinajstić information content (AvgIpc) is 2.90. The Hall–Kier alpha value is -0.370. The summed E-state index contributed by atoms with van der Waals surface area (Å²) in [6, 6.07) is 0. The van der Waals surface area contributed by atoms with Gasteiger partial charge in [0.1, 0.15) is 5.60 Å². The highest BCUT2D eigenvalue weighted by Crippen LogP contribution is 2.68. The van der Waals surface area contributed by atoms with E-state index in [0.29, 0.717) is 5.78 Å². The molecule has 70 valence electrons. The quantitative estimate of drug-likeness (QED) is 0.565. The first-order valence-corrected chi connectivity index (χ1v) is 5.44. The van der Waals surface area contributed by atoms with E-state index < -0.39 is 0 Å². The van der Waals surface area contributed by atoms with Gasteiger partial charge in [-0.25, -0.2) is 0 Å². The third-order valence-corrected chi connectivity index (χ3v) is 4.33. The molecule has 4 fully saturated rings. The van der Waals surface area contributed by atoms with Gasteiger partial charge in [-0.3, -0.25) is 4.79 Å². The minimum absolute atomic E-state index is 0.116. The van der Waals surface area contributed by atoms with E-state index in [1.165, 1.54) is 12.8 Å². The molecule has 1 saturated heterocycles. The Bertz CT molecular complexity index is 280. The molecule has 0 aromatic rings. The first kappa shape index (κ1) is 6.99. The molecule has 2 heteroatoms. The van der Waals surface area contributed by atoms with Crippen LogP contribution in [0, 0.1) is 5.41 Å². The van der Waals surface area contributed by atoms with Crippen LogP contribution in [0.3, 0.4) is 0 Å². The van der Waals surface area contributed by atoms with Crippen molar-refractivity contribution in [2.75, 3.05) is 0 Å². The van der Waals surface area contributed by atoms with Crippen molar-refractivity contribution >= 4 is 5.78 Å². The molecule has 0 bridgehead atoms. The molecule has 4 aliphatic rings. The molecule has 3 spiro atoms. The van der Waals surface area contributed by atoms with E-state index in [0.717, 1.165) is 32.1 Å². The van der Waals surface area contributed by atoms with Crippen LogP contribution in [0.2, 0.25) is 0 Å². The van der Waals surface area contributed by atoms with Gasteiger partial charge in [0, 0.05) is 5.41 Å². The largest absolute Gasteiger partial charge is 0.361 e. The van der Waals surface area contributed by atoms with Gasteiger partial charge in [0.05, 0.1) is 5.60 Å². The van der Waals surface area contributed by atoms with Gasteiger partial charge in [0.2, 0.25) is 0 Å². The van der Waals surface area contributed by atoms with Crippen LogP contribution in [0.15, 0.2) is 0 Å². The van der Waals surface area contributed by atoms with E-state index in [4.69, 9.17) is 4.74 Å². The normalized spacial score (nSPS) is 39.8. The topological polar surface area (TPSA) is 26.3 Å². The number of ketones is 1. The molecule has 0 N–H and O–H groups in total. The maximum absolute atomic E-state index is 12.1. The lowest BCUT2D eigenvalue weighted by atomic mass is 9.84. The van der Waals surface area contributed by atoms with Crippen molar-refractivity contribution in [1.29, 1.82) is 0 Å². The van der Waals surface area contributed by atoms with E-state index in [9.17, 15) is 4.79 Å². The van der Waals surface area contributed by atoms with Crippen LogP contribution >= 0.6 is 0 Å². The summed E-state index contributed by atoms with van der Waals surface area (Å²) in [5.74, 6) is 0.470. The van der Waals surface area contributed by atoms with Crippen molar-refractivity contribution in [2.45, 2.75) is 56.1 Å². The number of hydrogen-bond donors (Lipinski definition) is 0. The maximum Gasteiger partial charge on any atom is 0.170 e. The second kappa shape index (κ2) is 1.60. The van der Waals surface area contributed by atoms with Crippen LogP contribution in [0.5, 0.6) is 0 Å². The van der Waals surface area contributed by atoms with Gasteiger partial charge in [0.25, 0.3) is 0 Å². The van der Waals surface area contributed by atoms with E-state index >= 15 is 0 Å². The summed E-state index contributed by atoms with van der Waals surface area (Å²) in [4.78, 5) is 12.1. The van der Waals surface area contributed by atoms with Gasteiger partial charge in [-0.1, -0.05) is 0 Å². The van der Waals surface area contributed by atoms with Gasteiger partial charge < -0.3 is 4.74 Å². The first-order valence-electron chi connectivity index (χ1n) is 5.44. The number of Topliss-reactive ketones (excluding diaryl/α,β-unsaturated/α-hetero) is 1. The van der Waals surface area contributed by atoms with Crippen LogP contribution in [0.1, 0.15) is 44.9 Å². The lowest BCUT2D eigenvalue weighted by Gasteiger charge is -2.35. The van der Waals surface area contributed by atoms with Gasteiger partial charge in [-0.05, 0) is 44.9 Å². The summed E-state index contributed by atoms with van der Waals surface area (Å²) in [6.45, 7) is 0.